The van der Waals surface area contributed by atoms with E-state index in [0.717, 1.165) is 36.1 Å². The van der Waals surface area contributed by atoms with Crippen molar-refractivity contribution in [3.05, 3.63) is 94.8 Å². The third-order valence-corrected chi connectivity index (χ3v) is 6.83. The number of halogens is 4. The highest BCUT2D eigenvalue weighted by molar-refractivity contribution is 7.90. The van der Waals surface area contributed by atoms with E-state index in [0.29, 0.717) is 31.5 Å². The molecule has 0 atom stereocenters. The normalized spacial score (nSPS) is 12.1. The van der Waals surface area contributed by atoms with E-state index in [1.165, 1.54) is 6.07 Å². The zero-order valence-corrected chi connectivity index (χ0v) is 21.0. The molecule has 10 heteroatoms. The minimum Gasteiger partial charge on any atom is -0.493 e. The lowest BCUT2D eigenvalue weighted by molar-refractivity contribution is -0.137. The Kier molecular flexibility index (Phi) is 9.45. The van der Waals surface area contributed by atoms with Crippen LogP contribution in [-0.2, 0) is 29.0 Å². The van der Waals surface area contributed by atoms with E-state index in [1.807, 2.05) is 35.2 Å². The first-order chi connectivity index (χ1) is 17.5. The molecule has 37 heavy (non-hydrogen) atoms. The smallest absolute Gasteiger partial charge is 0.416 e. The minimum absolute atomic E-state index is 0.0303. The summed E-state index contributed by atoms with van der Waals surface area (Å²) in [6.45, 7) is 1.45. The minimum atomic E-state index is -4.43. The number of nitrogens with zero attached hydrogens (tertiary/aromatic N) is 1. The van der Waals surface area contributed by atoms with Crippen LogP contribution in [0.1, 0.15) is 33.5 Å². The Hall–Kier alpha value is -3.24. The highest BCUT2D eigenvalue weighted by atomic mass is 32.2. The molecule has 0 spiro atoms. The second-order valence-corrected chi connectivity index (χ2v) is 10.6. The lowest BCUT2D eigenvalue weighted by atomic mass is 10.1. The topological polar surface area (TPSA) is 63.7 Å². The van der Waals surface area contributed by atoms with Crippen LogP contribution in [0.4, 0.5) is 17.6 Å². The second kappa shape index (κ2) is 12.3. The molecule has 0 aliphatic carbocycles. The largest absolute Gasteiger partial charge is 0.493 e. The molecule has 0 unspecified atom stereocenters. The van der Waals surface area contributed by atoms with Crippen molar-refractivity contribution in [2.24, 2.45) is 0 Å². The summed E-state index contributed by atoms with van der Waals surface area (Å²) in [5, 5.41) is 0. The van der Waals surface area contributed by atoms with Crippen molar-refractivity contribution in [1.29, 1.82) is 0 Å². The fourth-order valence-corrected chi connectivity index (χ4v) is 4.73. The van der Waals surface area contributed by atoms with Crippen molar-refractivity contribution in [2.75, 3.05) is 26.0 Å². The van der Waals surface area contributed by atoms with Gasteiger partial charge in [-0.2, -0.15) is 13.2 Å². The van der Waals surface area contributed by atoms with Crippen LogP contribution in [-0.4, -0.2) is 45.6 Å². The predicted octanol–water partition coefficient (Wildman–Crippen LogP) is 5.57. The molecule has 0 aromatic heterocycles. The first kappa shape index (κ1) is 28.3. The molecular formula is C27H27F4NO4S. The van der Waals surface area contributed by atoms with Crippen molar-refractivity contribution in [3.8, 4) is 5.75 Å². The number of benzene rings is 3. The van der Waals surface area contributed by atoms with Crippen LogP contribution in [0.15, 0.2) is 71.6 Å². The molecule has 0 aliphatic heterocycles. The van der Waals surface area contributed by atoms with Crippen LogP contribution in [0.25, 0.3) is 0 Å². The quantitative estimate of drug-likeness (QED) is 0.172. The van der Waals surface area contributed by atoms with Crippen LogP contribution in [0.2, 0.25) is 0 Å². The molecule has 5 nitrogen and oxygen atoms in total. The van der Waals surface area contributed by atoms with E-state index < -0.39 is 37.9 Å². The average Bonchev–Trinajstić information content (AvgIpc) is 2.84. The first-order valence-corrected chi connectivity index (χ1v) is 13.4. The van der Waals surface area contributed by atoms with Crippen LogP contribution < -0.4 is 4.74 Å². The van der Waals surface area contributed by atoms with Crippen LogP contribution in [0.3, 0.4) is 0 Å². The summed E-state index contributed by atoms with van der Waals surface area (Å²) in [7, 11) is -3.86. The molecule has 3 aromatic carbocycles. The summed E-state index contributed by atoms with van der Waals surface area (Å²) in [4.78, 5) is 12.7. The van der Waals surface area contributed by atoms with Gasteiger partial charge in [-0.3, -0.25) is 9.69 Å². The van der Waals surface area contributed by atoms with E-state index in [2.05, 4.69) is 0 Å². The third-order valence-electron chi connectivity index (χ3n) is 5.69. The van der Waals surface area contributed by atoms with Gasteiger partial charge < -0.3 is 4.74 Å². The van der Waals surface area contributed by atoms with Crippen molar-refractivity contribution in [1.82, 2.24) is 4.90 Å². The molecule has 0 amide bonds. The molecule has 0 N–H and O–H groups in total. The number of aldehydes is 1. The molecule has 0 aliphatic rings. The molecule has 0 bridgehead atoms. The van der Waals surface area contributed by atoms with Gasteiger partial charge in [0, 0.05) is 32.0 Å². The third kappa shape index (κ3) is 8.40. The van der Waals surface area contributed by atoms with Crippen molar-refractivity contribution in [3.63, 3.8) is 0 Å². The molecule has 3 rings (SSSR count). The lowest BCUT2D eigenvalue weighted by Crippen LogP contribution is -2.28. The molecular weight excluding hydrogens is 510 g/mol. The molecule has 0 saturated carbocycles. The lowest BCUT2D eigenvalue weighted by Gasteiger charge is -2.23. The molecule has 3 aromatic rings. The van der Waals surface area contributed by atoms with E-state index in [9.17, 15) is 30.8 Å². The Balaban J connectivity index is 1.68. The highest BCUT2D eigenvalue weighted by Crippen LogP contribution is 2.30. The van der Waals surface area contributed by atoms with Gasteiger partial charge in [-0.25, -0.2) is 12.8 Å². The predicted molar refractivity (Wildman–Crippen MR) is 132 cm³/mol. The van der Waals surface area contributed by atoms with E-state index in [1.54, 1.807) is 6.07 Å². The van der Waals surface area contributed by atoms with Gasteiger partial charge in [-0.15, -0.1) is 0 Å². The zero-order valence-electron chi connectivity index (χ0n) is 20.2. The molecule has 0 fully saturated rings. The van der Waals surface area contributed by atoms with Crippen molar-refractivity contribution < 1.29 is 35.5 Å². The molecule has 0 radical (unpaired) electrons. The fraction of sp³-hybridized carbons (Fsp3) is 0.296. The van der Waals surface area contributed by atoms with Crippen molar-refractivity contribution >= 4 is 16.1 Å². The Bertz CT molecular complexity index is 1310. The molecule has 0 saturated heterocycles. The van der Waals surface area contributed by atoms with Crippen LogP contribution in [0.5, 0.6) is 5.75 Å². The van der Waals surface area contributed by atoms with Gasteiger partial charge >= 0.3 is 6.18 Å². The monoisotopic (exact) mass is 537 g/mol. The summed E-state index contributed by atoms with van der Waals surface area (Å²) in [6, 6.07) is 16.9. The van der Waals surface area contributed by atoms with E-state index >= 15 is 0 Å². The fourth-order valence-electron chi connectivity index (χ4n) is 3.86. The number of hydrogen-bond donors (Lipinski definition) is 0. The van der Waals surface area contributed by atoms with Crippen molar-refractivity contribution in [2.45, 2.75) is 30.5 Å². The maximum atomic E-state index is 14.2. The molecule has 0 heterocycles. The highest BCUT2D eigenvalue weighted by Gasteiger charge is 2.30. The number of ether oxygens (including phenoxy) is 1. The number of rotatable bonds is 12. The van der Waals surface area contributed by atoms with Gasteiger partial charge in [0.1, 0.15) is 11.6 Å². The standard InChI is InChI=1S/C27H27F4NO4S/c1-37(34,35)26-17-23(16-25(28)24(26)19-33)36-14-6-12-32(13-11-20-7-3-2-4-8-20)18-21-9-5-10-22(15-21)27(29,30)31/h2-5,7-10,15-17,19H,6,11-14,18H2,1H3. The van der Waals surface area contributed by atoms with Gasteiger partial charge in [0.15, 0.2) is 16.1 Å². The van der Waals surface area contributed by atoms with E-state index in [4.69, 9.17) is 4.74 Å². The number of alkyl halides is 3. The maximum Gasteiger partial charge on any atom is 0.416 e. The number of sulfone groups is 1. The first-order valence-electron chi connectivity index (χ1n) is 11.5. The van der Waals surface area contributed by atoms with Gasteiger partial charge in [0.2, 0.25) is 0 Å². The summed E-state index contributed by atoms with van der Waals surface area (Å²) in [5.41, 5.74) is 0.349. The van der Waals surface area contributed by atoms with Gasteiger partial charge in [0.25, 0.3) is 0 Å². The second-order valence-electron chi connectivity index (χ2n) is 8.62. The Morgan fingerprint density at radius 2 is 1.65 bits per heavy atom. The summed E-state index contributed by atoms with van der Waals surface area (Å²) < 4.78 is 83.1. The Morgan fingerprint density at radius 3 is 2.30 bits per heavy atom. The maximum absolute atomic E-state index is 14.2. The number of carbonyl (C=O) groups is 1. The van der Waals surface area contributed by atoms with Gasteiger partial charge in [-0.05, 0) is 36.1 Å². The summed E-state index contributed by atoms with van der Waals surface area (Å²) >= 11 is 0. The van der Waals surface area contributed by atoms with Crippen LogP contribution >= 0.6 is 0 Å². The van der Waals surface area contributed by atoms with Crippen LogP contribution in [0, 0.1) is 5.82 Å². The van der Waals surface area contributed by atoms with Gasteiger partial charge in [-0.1, -0.05) is 48.5 Å². The zero-order chi connectivity index (χ0) is 27.1. The number of carbonyl (C=O) groups excluding carboxylic acids is 1. The summed E-state index contributed by atoms with van der Waals surface area (Å²) in [5.74, 6) is -1.03. The Morgan fingerprint density at radius 1 is 0.946 bits per heavy atom. The summed E-state index contributed by atoms with van der Waals surface area (Å²) in [6.07, 6.45) is -2.28. The van der Waals surface area contributed by atoms with E-state index in [-0.39, 0.29) is 25.2 Å². The average molecular weight is 538 g/mol. The van der Waals surface area contributed by atoms with Gasteiger partial charge in [0.05, 0.1) is 22.6 Å². The Labute approximate surface area is 213 Å². The molecule has 198 valence electrons. The number of hydrogen-bond acceptors (Lipinski definition) is 5. The SMILES string of the molecule is CS(=O)(=O)c1cc(OCCCN(CCc2ccccc2)Cc2cccc(C(F)(F)F)c2)cc(F)c1C=O.